The van der Waals surface area contributed by atoms with Crippen molar-refractivity contribution < 1.29 is 10.1 Å². The van der Waals surface area contributed by atoms with Crippen molar-refractivity contribution in [1.82, 2.24) is 4.90 Å². The first-order valence-electron chi connectivity index (χ1n) is 8.63. The molecule has 0 aromatic heterocycles. The number of rotatable bonds is 10. The van der Waals surface area contributed by atoms with Crippen molar-refractivity contribution in [1.29, 1.82) is 0 Å². The Morgan fingerprint density at radius 3 is 2.50 bits per heavy atom. The highest BCUT2D eigenvalue weighted by Gasteiger charge is 2.41. The molecule has 3 nitrogen and oxygen atoms in total. The summed E-state index contributed by atoms with van der Waals surface area (Å²) in [5.74, 6) is 0. The Morgan fingerprint density at radius 2 is 1.90 bits per heavy atom. The molecule has 1 rings (SSSR count). The summed E-state index contributed by atoms with van der Waals surface area (Å²) < 4.78 is 0. The summed E-state index contributed by atoms with van der Waals surface area (Å²) in [6.07, 6.45) is 10.2. The van der Waals surface area contributed by atoms with Gasteiger partial charge < -0.3 is 10.1 Å². The van der Waals surface area contributed by atoms with Gasteiger partial charge in [-0.05, 0) is 32.5 Å². The number of likely N-dealkylation sites (tertiary alicyclic amines) is 1. The summed E-state index contributed by atoms with van der Waals surface area (Å²) in [7, 11) is 0.228. The molecule has 0 aromatic rings. The summed E-state index contributed by atoms with van der Waals surface area (Å²) in [6.45, 7) is 7.65. The largest absolute Gasteiger partial charge is 0.454 e. The van der Waals surface area contributed by atoms with Crippen LogP contribution < -0.4 is 0 Å². The van der Waals surface area contributed by atoms with Crippen LogP contribution >= 0.6 is 0 Å². The molecular formula is C16H34BNO2. The second kappa shape index (κ2) is 9.06. The van der Waals surface area contributed by atoms with Crippen molar-refractivity contribution in [2.75, 3.05) is 6.54 Å². The van der Waals surface area contributed by atoms with Crippen molar-refractivity contribution in [2.45, 2.75) is 96.1 Å². The van der Waals surface area contributed by atoms with E-state index >= 15 is 0 Å². The molecule has 0 bridgehead atoms. The van der Waals surface area contributed by atoms with Crippen LogP contribution in [0.4, 0.5) is 0 Å². The van der Waals surface area contributed by atoms with Crippen molar-refractivity contribution in [3.63, 3.8) is 0 Å². The summed E-state index contributed by atoms with van der Waals surface area (Å²) >= 11 is 0. The quantitative estimate of drug-likeness (QED) is 0.478. The SMILES string of the molecule is CCCCCCC(C)(CCC)N1CC(O)CC1CBO. The van der Waals surface area contributed by atoms with Gasteiger partial charge in [0.2, 0.25) is 0 Å². The number of aliphatic hydroxyl groups excluding tert-OH is 1. The van der Waals surface area contributed by atoms with Crippen LogP contribution in [0.2, 0.25) is 6.32 Å². The van der Waals surface area contributed by atoms with Gasteiger partial charge in [-0.15, -0.1) is 0 Å². The lowest BCUT2D eigenvalue weighted by Crippen LogP contribution is -2.49. The van der Waals surface area contributed by atoms with E-state index in [0.29, 0.717) is 6.04 Å². The minimum Gasteiger partial charge on any atom is -0.454 e. The van der Waals surface area contributed by atoms with Gasteiger partial charge >= 0.3 is 0 Å². The Hall–Kier alpha value is -0.0551. The first kappa shape index (κ1) is 18.0. The fourth-order valence-electron chi connectivity index (χ4n) is 3.86. The first-order chi connectivity index (χ1) is 9.57. The van der Waals surface area contributed by atoms with Crippen LogP contribution in [0.5, 0.6) is 0 Å². The molecule has 3 unspecified atom stereocenters. The summed E-state index contributed by atoms with van der Waals surface area (Å²) in [5, 5.41) is 19.3. The third-order valence-electron chi connectivity index (χ3n) is 4.91. The average molecular weight is 283 g/mol. The first-order valence-corrected chi connectivity index (χ1v) is 8.63. The zero-order chi connectivity index (χ0) is 15.0. The fourth-order valence-corrected chi connectivity index (χ4v) is 3.86. The monoisotopic (exact) mass is 283 g/mol. The molecule has 0 amide bonds. The number of β-amino-alcohol motifs (C(OH)–C–C–N with tert-alkyl or cyclic N) is 1. The average Bonchev–Trinajstić information content (AvgIpc) is 2.77. The number of nitrogens with zero attached hydrogens (tertiary/aromatic N) is 1. The highest BCUT2D eigenvalue weighted by molar-refractivity contribution is 6.25. The molecule has 20 heavy (non-hydrogen) atoms. The van der Waals surface area contributed by atoms with Gasteiger partial charge in [0.25, 0.3) is 7.48 Å². The lowest BCUT2D eigenvalue weighted by atomic mass is 9.83. The molecule has 0 aliphatic carbocycles. The van der Waals surface area contributed by atoms with Crippen molar-refractivity contribution >= 4 is 7.48 Å². The normalized spacial score (nSPS) is 26.6. The van der Waals surface area contributed by atoms with Crippen LogP contribution in [0.3, 0.4) is 0 Å². The topological polar surface area (TPSA) is 43.7 Å². The summed E-state index contributed by atoms with van der Waals surface area (Å²) in [5.41, 5.74) is 0.194. The van der Waals surface area contributed by atoms with E-state index in [2.05, 4.69) is 25.7 Å². The van der Waals surface area contributed by atoms with E-state index in [4.69, 9.17) is 0 Å². The Bertz CT molecular complexity index is 265. The van der Waals surface area contributed by atoms with Crippen molar-refractivity contribution in [3.8, 4) is 0 Å². The van der Waals surface area contributed by atoms with E-state index in [1.165, 1.54) is 44.9 Å². The van der Waals surface area contributed by atoms with E-state index in [1.807, 2.05) is 0 Å². The standard InChI is InChI=1S/C16H34BNO2/c1-4-6-7-8-10-16(3,9-5-2)18-13-15(19)11-14(18)12-17-20/h14-15,17,19-20H,4-13H2,1-3H3. The second-order valence-corrected chi connectivity index (χ2v) is 6.77. The van der Waals surface area contributed by atoms with Crippen LogP contribution in [0.25, 0.3) is 0 Å². The lowest BCUT2D eigenvalue weighted by molar-refractivity contribution is 0.0635. The molecule has 1 saturated heterocycles. The third kappa shape index (κ3) is 5.05. The molecule has 1 aliphatic rings. The van der Waals surface area contributed by atoms with Gasteiger partial charge in [-0.1, -0.05) is 46.0 Å². The van der Waals surface area contributed by atoms with Gasteiger partial charge in [0.1, 0.15) is 0 Å². The van der Waals surface area contributed by atoms with Crippen molar-refractivity contribution in [3.05, 3.63) is 0 Å². The Kier molecular flexibility index (Phi) is 8.15. The number of unbranched alkanes of at least 4 members (excludes halogenated alkanes) is 3. The van der Waals surface area contributed by atoms with Gasteiger partial charge in [0, 0.05) is 18.1 Å². The minimum absolute atomic E-state index is 0.194. The summed E-state index contributed by atoms with van der Waals surface area (Å²) in [4.78, 5) is 2.50. The third-order valence-corrected chi connectivity index (χ3v) is 4.91. The number of aliphatic hydroxyl groups is 1. The van der Waals surface area contributed by atoms with E-state index in [1.54, 1.807) is 0 Å². The Balaban J connectivity index is 2.65. The molecule has 0 radical (unpaired) electrons. The zero-order valence-corrected chi connectivity index (χ0v) is 13.8. The van der Waals surface area contributed by atoms with E-state index in [-0.39, 0.29) is 19.1 Å². The lowest BCUT2D eigenvalue weighted by Gasteiger charge is -2.43. The van der Waals surface area contributed by atoms with Crippen molar-refractivity contribution in [2.24, 2.45) is 0 Å². The second-order valence-electron chi connectivity index (χ2n) is 6.77. The minimum atomic E-state index is -0.210. The molecule has 0 saturated carbocycles. The molecule has 3 atom stereocenters. The van der Waals surface area contributed by atoms with Crippen LogP contribution in [0.1, 0.15) is 72.1 Å². The maximum absolute atomic E-state index is 10.0. The molecule has 0 aromatic carbocycles. The van der Waals surface area contributed by atoms with Gasteiger partial charge in [0.05, 0.1) is 6.10 Å². The molecule has 1 heterocycles. The predicted molar refractivity (Wildman–Crippen MR) is 87.4 cm³/mol. The molecule has 1 aliphatic heterocycles. The Labute approximate surface area is 126 Å². The van der Waals surface area contributed by atoms with Crippen LogP contribution in [-0.2, 0) is 0 Å². The summed E-state index contributed by atoms with van der Waals surface area (Å²) in [6, 6.07) is 0.359. The maximum Gasteiger partial charge on any atom is 0.272 e. The molecule has 0 spiro atoms. The zero-order valence-electron chi connectivity index (χ0n) is 13.8. The molecule has 2 N–H and O–H groups in total. The van der Waals surface area contributed by atoms with Gasteiger partial charge in [-0.3, -0.25) is 4.90 Å². The van der Waals surface area contributed by atoms with Crippen LogP contribution in [-0.4, -0.2) is 46.7 Å². The van der Waals surface area contributed by atoms with Crippen LogP contribution in [0.15, 0.2) is 0 Å². The smallest absolute Gasteiger partial charge is 0.272 e. The predicted octanol–water partition coefficient (Wildman–Crippen LogP) is 2.71. The molecule has 1 fully saturated rings. The number of hydrogen-bond donors (Lipinski definition) is 2. The molecule has 4 heteroatoms. The Morgan fingerprint density at radius 1 is 1.15 bits per heavy atom. The highest BCUT2D eigenvalue weighted by Crippen LogP contribution is 2.35. The fraction of sp³-hybridized carbons (Fsp3) is 1.00. The van der Waals surface area contributed by atoms with E-state index in [0.717, 1.165) is 19.3 Å². The van der Waals surface area contributed by atoms with E-state index < -0.39 is 0 Å². The van der Waals surface area contributed by atoms with Gasteiger partial charge in [-0.2, -0.15) is 0 Å². The number of hydrogen-bond acceptors (Lipinski definition) is 3. The van der Waals surface area contributed by atoms with Gasteiger partial charge in [0.15, 0.2) is 0 Å². The molecule has 118 valence electrons. The van der Waals surface area contributed by atoms with Gasteiger partial charge in [-0.25, -0.2) is 0 Å². The van der Waals surface area contributed by atoms with E-state index in [9.17, 15) is 10.1 Å². The maximum atomic E-state index is 10.0. The molecular weight excluding hydrogens is 249 g/mol. The highest BCUT2D eigenvalue weighted by atomic mass is 16.3. The van der Waals surface area contributed by atoms with Crippen LogP contribution in [0, 0.1) is 0 Å².